The molecule has 1 aliphatic rings. The van der Waals surface area contributed by atoms with Crippen molar-refractivity contribution in [3.05, 3.63) is 65.2 Å². The number of nitrogens with zero attached hydrogens (tertiary/aromatic N) is 4. The summed E-state index contributed by atoms with van der Waals surface area (Å²) in [6, 6.07) is 18.7. The first-order chi connectivity index (χ1) is 16.1. The van der Waals surface area contributed by atoms with Crippen LogP contribution in [-0.2, 0) is 4.79 Å². The van der Waals surface area contributed by atoms with Crippen LogP contribution in [0.4, 0.5) is 0 Å². The molecule has 1 fully saturated rings. The van der Waals surface area contributed by atoms with Crippen molar-refractivity contribution in [1.82, 2.24) is 20.0 Å². The molecule has 5 rings (SSSR count). The second-order valence-electron chi connectivity index (χ2n) is 7.91. The molecule has 0 saturated carbocycles. The maximum Gasteiger partial charge on any atom is 0.277 e. The first kappa shape index (κ1) is 22.4. The predicted molar refractivity (Wildman–Crippen MR) is 134 cm³/mol. The molecule has 33 heavy (non-hydrogen) atoms. The van der Waals surface area contributed by atoms with Crippen LogP contribution in [0.3, 0.4) is 0 Å². The third-order valence-electron chi connectivity index (χ3n) is 5.95. The van der Waals surface area contributed by atoms with Crippen LogP contribution in [0.2, 0.25) is 5.02 Å². The fourth-order valence-corrected chi connectivity index (χ4v) is 6.13. The molecule has 0 spiro atoms. The van der Waals surface area contributed by atoms with Crippen LogP contribution in [-0.4, -0.2) is 57.8 Å². The van der Waals surface area contributed by atoms with Crippen LogP contribution in [0.25, 0.3) is 20.9 Å². The van der Waals surface area contributed by atoms with Gasteiger partial charge in [-0.25, -0.2) is 0 Å². The second kappa shape index (κ2) is 9.85. The summed E-state index contributed by atoms with van der Waals surface area (Å²) < 4.78 is 6.87. The number of thioether (sulfide) groups is 1. The van der Waals surface area contributed by atoms with Gasteiger partial charge in [-0.05, 0) is 18.6 Å². The molecule has 2 aromatic carbocycles. The summed E-state index contributed by atoms with van der Waals surface area (Å²) in [4.78, 5) is 17.8. The molecular weight excluding hydrogens is 476 g/mol. The second-order valence-corrected chi connectivity index (χ2v) is 10.3. The quantitative estimate of drug-likeness (QED) is 0.322. The molecule has 170 valence electrons. The highest BCUT2D eigenvalue weighted by atomic mass is 35.5. The molecule has 2 aromatic heterocycles. The van der Waals surface area contributed by atoms with Crippen molar-refractivity contribution in [1.29, 1.82) is 0 Å². The molecule has 9 heteroatoms. The minimum atomic E-state index is 0.0895. The zero-order chi connectivity index (χ0) is 22.8. The zero-order valence-electron chi connectivity index (χ0n) is 18.1. The van der Waals surface area contributed by atoms with Crippen LogP contribution < -0.4 is 0 Å². The van der Waals surface area contributed by atoms with Gasteiger partial charge in [-0.2, -0.15) is 0 Å². The van der Waals surface area contributed by atoms with Crippen LogP contribution in [0.1, 0.15) is 18.5 Å². The summed E-state index contributed by atoms with van der Waals surface area (Å²) in [5.41, 5.74) is 1.30. The van der Waals surface area contributed by atoms with E-state index in [4.69, 9.17) is 16.0 Å². The molecule has 0 aliphatic carbocycles. The highest BCUT2D eigenvalue weighted by Crippen LogP contribution is 2.41. The molecule has 1 aliphatic heterocycles. The summed E-state index contributed by atoms with van der Waals surface area (Å²) in [6.07, 6.45) is 0. The van der Waals surface area contributed by atoms with Gasteiger partial charge >= 0.3 is 0 Å². The highest BCUT2D eigenvalue weighted by Gasteiger charge is 2.25. The number of fused-ring (bicyclic) bond motifs is 1. The van der Waals surface area contributed by atoms with Gasteiger partial charge in [0.15, 0.2) is 0 Å². The number of rotatable bonds is 6. The number of hydrogen-bond acceptors (Lipinski definition) is 7. The number of aromatic nitrogens is 2. The Labute approximate surface area is 205 Å². The first-order valence-electron chi connectivity index (χ1n) is 10.8. The summed E-state index contributed by atoms with van der Waals surface area (Å²) in [7, 11) is 0. The molecule has 1 unspecified atom stereocenters. The van der Waals surface area contributed by atoms with E-state index in [0.717, 1.165) is 41.1 Å². The zero-order valence-corrected chi connectivity index (χ0v) is 20.5. The van der Waals surface area contributed by atoms with Gasteiger partial charge in [-0.1, -0.05) is 71.9 Å². The summed E-state index contributed by atoms with van der Waals surface area (Å²) >= 11 is 9.31. The smallest absolute Gasteiger partial charge is 0.277 e. The minimum absolute atomic E-state index is 0.0895. The minimum Gasteiger partial charge on any atom is -0.410 e. The Hall–Kier alpha value is -2.39. The number of benzene rings is 2. The molecule has 1 amide bonds. The van der Waals surface area contributed by atoms with Gasteiger partial charge in [-0.3, -0.25) is 9.69 Å². The molecule has 0 N–H and O–H groups in total. The lowest BCUT2D eigenvalue weighted by atomic mass is 10.1. The van der Waals surface area contributed by atoms with Crippen LogP contribution >= 0.6 is 34.7 Å². The number of carbonyl (C=O) groups excluding carboxylic acids is 1. The van der Waals surface area contributed by atoms with Crippen molar-refractivity contribution in [2.45, 2.75) is 18.2 Å². The maximum absolute atomic E-state index is 12.7. The van der Waals surface area contributed by atoms with Gasteiger partial charge in [0.05, 0.1) is 10.8 Å². The van der Waals surface area contributed by atoms with Gasteiger partial charge in [0.2, 0.25) is 5.91 Å². The third-order valence-corrected chi connectivity index (χ3v) is 8.42. The first-order valence-corrected chi connectivity index (χ1v) is 13.0. The average molecular weight is 499 g/mol. The summed E-state index contributed by atoms with van der Waals surface area (Å²) in [5, 5.41) is 10.2. The molecule has 1 atom stereocenters. The average Bonchev–Trinajstić information content (AvgIpc) is 3.47. The van der Waals surface area contributed by atoms with Crippen LogP contribution in [0, 0.1) is 0 Å². The van der Waals surface area contributed by atoms with Crippen molar-refractivity contribution in [2.75, 3.05) is 31.9 Å². The summed E-state index contributed by atoms with van der Waals surface area (Å²) in [6.45, 7) is 5.40. The van der Waals surface area contributed by atoms with Gasteiger partial charge in [0.1, 0.15) is 4.88 Å². The standard InChI is InChI=1S/C24H23ClN4O2S2/c1-16(17-7-3-2-4-8-17)28-11-13-29(14-12-28)20(30)15-32-24-27-26-23(31-24)22-21(25)18-9-5-6-10-19(18)33-22/h2-10,16H,11-15H2,1H3. The predicted octanol–water partition coefficient (Wildman–Crippen LogP) is 5.60. The van der Waals surface area contributed by atoms with Crippen LogP contribution in [0.5, 0.6) is 0 Å². The molecule has 3 heterocycles. The van der Waals surface area contributed by atoms with Crippen molar-refractivity contribution in [2.24, 2.45) is 0 Å². The van der Waals surface area contributed by atoms with E-state index in [1.54, 1.807) is 0 Å². The lowest BCUT2D eigenvalue weighted by Gasteiger charge is -2.38. The number of halogens is 1. The molecule has 0 radical (unpaired) electrons. The lowest BCUT2D eigenvalue weighted by Crippen LogP contribution is -2.49. The molecule has 6 nitrogen and oxygen atoms in total. The van der Waals surface area contributed by atoms with E-state index >= 15 is 0 Å². The number of hydrogen-bond donors (Lipinski definition) is 0. The number of amides is 1. The van der Waals surface area contributed by atoms with E-state index in [2.05, 4.69) is 46.3 Å². The van der Waals surface area contributed by atoms with Crippen LogP contribution in [0.15, 0.2) is 64.2 Å². The monoisotopic (exact) mass is 498 g/mol. The van der Waals surface area contributed by atoms with E-state index in [1.807, 2.05) is 35.2 Å². The van der Waals surface area contributed by atoms with Gasteiger partial charge in [0.25, 0.3) is 11.1 Å². The Kier molecular flexibility index (Phi) is 6.69. The Morgan fingerprint density at radius 2 is 1.82 bits per heavy atom. The Morgan fingerprint density at radius 1 is 1.09 bits per heavy atom. The van der Waals surface area contributed by atoms with Crippen molar-refractivity contribution < 1.29 is 9.21 Å². The molecule has 1 saturated heterocycles. The Morgan fingerprint density at radius 3 is 2.58 bits per heavy atom. The Balaban J connectivity index is 1.15. The maximum atomic E-state index is 12.7. The Bertz CT molecular complexity index is 1250. The largest absolute Gasteiger partial charge is 0.410 e. The number of piperazine rings is 1. The third kappa shape index (κ3) is 4.80. The van der Waals surface area contributed by atoms with E-state index in [0.29, 0.717) is 22.2 Å². The van der Waals surface area contributed by atoms with Crippen molar-refractivity contribution in [3.8, 4) is 10.8 Å². The van der Waals surface area contributed by atoms with Gasteiger partial charge in [0, 0.05) is 42.3 Å². The molecular formula is C24H23ClN4O2S2. The normalized spacial score (nSPS) is 15.8. The fraction of sp³-hybridized carbons (Fsp3) is 0.292. The molecule has 4 aromatic rings. The topological polar surface area (TPSA) is 62.5 Å². The highest BCUT2D eigenvalue weighted by molar-refractivity contribution is 7.99. The van der Waals surface area contributed by atoms with Gasteiger partial charge in [-0.15, -0.1) is 21.5 Å². The molecule has 0 bridgehead atoms. The summed E-state index contributed by atoms with van der Waals surface area (Å²) in [5.74, 6) is 0.752. The van der Waals surface area contributed by atoms with Crippen molar-refractivity contribution in [3.63, 3.8) is 0 Å². The number of thiophene rings is 1. The van der Waals surface area contributed by atoms with E-state index < -0.39 is 0 Å². The number of carbonyl (C=O) groups is 1. The van der Waals surface area contributed by atoms with E-state index in [-0.39, 0.29) is 11.7 Å². The lowest BCUT2D eigenvalue weighted by molar-refractivity contribution is -0.130. The van der Waals surface area contributed by atoms with Gasteiger partial charge < -0.3 is 9.32 Å². The van der Waals surface area contributed by atoms with E-state index in [1.165, 1.54) is 28.7 Å². The van der Waals surface area contributed by atoms with E-state index in [9.17, 15) is 4.79 Å². The van der Waals surface area contributed by atoms with Crippen molar-refractivity contribution >= 4 is 50.7 Å². The SMILES string of the molecule is CC(c1ccccc1)N1CCN(C(=O)CSc2nnc(-c3sc4ccccc4c3Cl)o2)CC1. The fourth-order valence-electron chi connectivity index (χ4n) is 4.03.